The zero-order valence-electron chi connectivity index (χ0n) is 22.0. The first-order chi connectivity index (χ1) is 18.2. The average molecular weight is 528 g/mol. The molecule has 1 aliphatic heterocycles. The fraction of sp³-hybridized carbons (Fsp3) is 0.444. The number of aryl methyl sites for hydroxylation is 1. The molecule has 1 heterocycles. The molecule has 0 radical (unpaired) electrons. The summed E-state index contributed by atoms with van der Waals surface area (Å²) in [7, 11) is 2.97. The number of hydrogen-bond acceptors (Lipinski definition) is 8. The van der Waals surface area contributed by atoms with Crippen molar-refractivity contribution in [2.45, 2.75) is 57.8 Å². The molecule has 1 amide bonds. The van der Waals surface area contributed by atoms with Crippen LogP contribution in [0.5, 0.6) is 11.5 Å². The van der Waals surface area contributed by atoms with E-state index in [0.717, 1.165) is 10.6 Å². The van der Waals surface area contributed by atoms with Crippen LogP contribution in [0.15, 0.2) is 47.8 Å². The van der Waals surface area contributed by atoms with Crippen LogP contribution in [0.25, 0.3) is 0 Å². The zero-order valence-corrected chi connectivity index (χ0v) is 22.0. The highest BCUT2D eigenvalue weighted by atomic mass is 16.5. The van der Waals surface area contributed by atoms with Gasteiger partial charge in [0.1, 0.15) is 18.1 Å². The summed E-state index contributed by atoms with van der Waals surface area (Å²) in [6, 6.07) is 9.24. The van der Waals surface area contributed by atoms with Crippen molar-refractivity contribution < 1.29 is 33.7 Å². The highest BCUT2D eigenvalue weighted by Crippen LogP contribution is 2.35. The van der Waals surface area contributed by atoms with E-state index < -0.39 is 36.0 Å². The number of benzene rings is 2. The number of hydrogen-bond donors (Lipinski definition) is 1. The first-order valence-corrected chi connectivity index (χ1v) is 12.3. The maximum absolute atomic E-state index is 13.7. The number of carbonyl (C=O) groups is 3. The first kappa shape index (κ1) is 28.4. The second-order valence-corrected chi connectivity index (χ2v) is 8.93. The maximum atomic E-state index is 13.7. The van der Waals surface area contributed by atoms with Gasteiger partial charge in [-0.3, -0.25) is 4.79 Å². The van der Waals surface area contributed by atoms with Gasteiger partial charge in [-0.2, -0.15) is 0 Å². The lowest BCUT2D eigenvalue weighted by molar-refractivity contribution is -0.158. The number of carbonyl (C=O) groups excluding carboxylic acids is 2. The second-order valence-electron chi connectivity index (χ2n) is 8.93. The first-order valence-electron chi connectivity index (χ1n) is 12.3. The summed E-state index contributed by atoms with van der Waals surface area (Å²) in [6.07, 6.45) is 0.648. The second kappa shape index (κ2) is 12.9. The third-order valence-electron chi connectivity index (χ3n) is 6.68. The van der Waals surface area contributed by atoms with Crippen LogP contribution in [0.4, 0.5) is 0 Å². The van der Waals surface area contributed by atoms with Gasteiger partial charge in [-0.05, 0) is 55.5 Å². The molecule has 11 heteroatoms. The number of rotatable bonds is 12. The highest BCUT2D eigenvalue weighted by molar-refractivity contribution is 5.88. The summed E-state index contributed by atoms with van der Waals surface area (Å²) in [5.41, 5.74) is 2.34. The van der Waals surface area contributed by atoms with Crippen molar-refractivity contribution in [3.63, 3.8) is 0 Å². The number of aliphatic carboxylic acids is 1. The fourth-order valence-electron chi connectivity index (χ4n) is 4.66. The molecule has 0 aliphatic carbocycles. The van der Waals surface area contributed by atoms with Gasteiger partial charge in [-0.1, -0.05) is 30.3 Å². The number of nitroso groups, excluding NO2 is 1. The van der Waals surface area contributed by atoms with Crippen LogP contribution >= 0.6 is 0 Å². The molecule has 1 aliphatic rings. The Morgan fingerprint density at radius 3 is 2.29 bits per heavy atom. The molecule has 3 rings (SSSR count). The largest absolute Gasteiger partial charge is 0.493 e. The predicted octanol–water partition coefficient (Wildman–Crippen LogP) is 2.98. The topological polar surface area (TPSA) is 135 Å². The summed E-state index contributed by atoms with van der Waals surface area (Å²) in [5.74, 6) is -1.62. The van der Waals surface area contributed by atoms with Gasteiger partial charge in [0.05, 0.1) is 26.1 Å². The molecule has 0 fully saturated rings. The summed E-state index contributed by atoms with van der Waals surface area (Å²) < 4.78 is 15.9. The summed E-state index contributed by atoms with van der Waals surface area (Å²) in [6.45, 7) is 3.13. The van der Waals surface area contributed by atoms with Crippen molar-refractivity contribution in [3.05, 3.63) is 64.1 Å². The molecule has 204 valence electrons. The quantitative estimate of drug-likeness (QED) is 0.251. The summed E-state index contributed by atoms with van der Waals surface area (Å²) >= 11 is 0. The number of methoxy groups -OCH3 is 2. The number of ether oxygens (including phenoxy) is 3. The van der Waals surface area contributed by atoms with Crippen LogP contribution in [0, 0.1) is 4.91 Å². The molecule has 0 bridgehead atoms. The Kier molecular flexibility index (Phi) is 9.64. The van der Waals surface area contributed by atoms with Crippen LogP contribution in [0.2, 0.25) is 0 Å². The van der Waals surface area contributed by atoms with Crippen LogP contribution in [-0.2, 0) is 38.5 Å². The highest BCUT2D eigenvalue weighted by Gasteiger charge is 2.41. The number of amides is 1. The molecule has 0 spiro atoms. The number of carboxylic acids is 1. The van der Waals surface area contributed by atoms with Crippen LogP contribution < -0.4 is 9.47 Å². The lowest BCUT2D eigenvalue weighted by Crippen LogP contribution is -2.56. The Balaban J connectivity index is 1.89. The number of fused-ring (bicyclic) bond motifs is 1. The molecule has 38 heavy (non-hydrogen) atoms. The lowest BCUT2D eigenvalue weighted by Gasteiger charge is -2.38. The fourth-order valence-corrected chi connectivity index (χ4v) is 4.66. The van der Waals surface area contributed by atoms with E-state index in [0.29, 0.717) is 29.0 Å². The molecule has 3 atom stereocenters. The Labute approximate surface area is 221 Å². The minimum Gasteiger partial charge on any atom is -0.493 e. The molecule has 2 aromatic carbocycles. The Bertz CT molecular complexity index is 1160. The van der Waals surface area contributed by atoms with Crippen molar-refractivity contribution in [1.29, 1.82) is 0 Å². The molecule has 1 N–H and O–H groups in total. The van der Waals surface area contributed by atoms with Crippen LogP contribution in [0.1, 0.15) is 37.0 Å². The molecular weight excluding hydrogens is 494 g/mol. The molecule has 11 nitrogen and oxygen atoms in total. The SMILES string of the molecule is CCOC(=O)[C@H](CCc1ccccc1)N(N=O)[C@@H](C)C(=O)N1Cc2cc(OC)c(OC)cc2C[C@H]1C(=O)O. The third-order valence-corrected chi connectivity index (χ3v) is 6.68. The molecule has 0 unspecified atom stereocenters. The van der Waals surface area contributed by atoms with Gasteiger partial charge in [-0.15, -0.1) is 4.91 Å². The Morgan fingerprint density at radius 2 is 1.74 bits per heavy atom. The molecule has 0 saturated carbocycles. The zero-order chi connectivity index (χ0) is 27.8. The summed E-state index contributed by atoms with van der Waals surface area (Å²) in [4.78, 5) is 51.9. The minimum atomic E-state index is -1.22. The van der Waals surface area contributed by atoms with Crippen molar-refractivity contribution in [2.24, 2.45) is 5.29 Å². The van der Waals surface area contributed by atoms with E-state index in [1.54, 1.807) is 19.1 Å². The van der Waals surface area contributed by atoms with Gasteiger partial charge >= 0.3 is 11.9 Å². The van der Waals surface area contributed by atoms with E-state index in [1.165, 1.54) is 26.0 Å². The Morgan fingerprint density at radius 1 is 1.11 bits per heavy atom. The smallest absolute Gasteiger partial charge is 0.330 e. The van der Waals surface area contributed by atoms with E-state index >= 15 is 0 Å². The number of esters is 1. The number of carboxylic acid groups (broad SMARTS) is 1. The summed E-state index contributed by atoms with van der Waals surface area (Å²) in [5, 5.41) is 13.9. The monoisotopic (exact) mass is 527 g/mol. The van der Waals surface area contributed by atoms with Crippen LogP contribution in [0.3, 0.4) is 0 Å². The van der Waals surface area contributed by atoms with Crippen molar-refractivity contribution in [3.8, 4) is 11.5 Å². The van der Waals surface area contributed by atoms with Crippen molar-refractivity contribution >= 4 is 17.8 Å². The molecule has 2 aromatic rings. The third kappa shape index (κ3) is 6.21. The number of nitrogens with zero attached hydrogens (tertiary/aromatic N) is 3. The van der Waals surface area contributed by atoms with Gasteiger partial charge < -0.3 is 24.2 Å². The Hall–Kier alpha value is -4.15. The van der Waals surface area contributed by atoms with Gasteiger partial charge in [0.15, 0.2) is 11.5 Å². The van der Waals surface area contributed by atoms with E-state index in [2.05, 4.69) is 5.29 Å². The molecular formula is C27H33N3O8. The van der Waals surface area contributed by atoms with Gasteiger partial charge in [0.2, 0.25) is 5.91 Å². The van der Waals surface area contributed by atoms with E-state index in [4.69, 9.17) is 14.2 Å². The van der Waals surface area contributed by atoms with Gasteiger partial charge in [-0.25, -0.2) is 14.6 Å². The van der Waals surface area contributed by atoms with E-state index in [1.807, 2.05) is 30.3 Å². The average Bonchev–Trinajstić information content (AvgIpc) is 2.93. The van der Waals surface area contributed by atoms with E-state index in [9.17, 15) is 24.4 Å². The van der Waals surface area contributed by atoms with Gasteiger partial charge in [0.25, 0.3) is 0 Å². The standard InChI is InChI=1S/C27H33N3O8/c1-5-38-27(34)21(12-11-18-9-7-6-8-10-18)30(28-35)17(2)25(31)29-16-20-15-24(37-4)23(36-3)14-19(20)13-22(29)26(32)33/h6-10,14-15,17,21-22H,5,11-13,16H2,1-4H3,(H,32,33)/t17-,21-,22-/m0/s1. The lowest BCUT2D eigenvalue weighted by atomic mass is 9.92. The predicted molar refractivity (Wildman–Crippen MR) is 138 cm³/mol. The molecule has 0 aromatic heterocycles. The van der Waals surface area contributed by atoms with E-state index in [-0.39, 0.29) is 26.0 Å². The minimum absolute atomic E-state index is 0.0311. The molecule has 0 saturated heterocycles. The van der Waals surface area contributed by atoms with Crippen molar-refractivity contribution in [1.82, 2.24) is 9.91 Å². The van der Waals surface area contributed by atoms with Crippen LogP contribution in [-0.4, -0.2) is 71.8 Å². The normalized spacial score (nSPS) is 16.0. The van der Waals surface area contributed by atoms with Gasteiger partial charge in [0, 0.05) is 13.0 Å². The van der Waals surface area contributed by atoms with Crippen molar-refractivity contribution in [2.75, 3.05) is 20.8 Å². The maximum Gasteiger partial charge on any atom is 0.330 e.